The number of carbonyl (C=O) groups excluding carboxylic acids is 1. The van der Waals surface area contributed by atoms with Gasteiger partial charge in [-0.15, -0.1) is 0 Å². The van der Waals surface area contributed by atoms with Gasteiger partial charge in [0.05, 0.1) is 11.5 Å². The minimum absolute atomic E-state index is 0.0139. The van der Waals surface area contributed by atoms with Gasteiger partial charge in [0, 0.05) is 12.6 Å². The third-order valence-electron chi connectivity index (χ3n) is 3.52. The monoisotopic (exact) mass is 214 g/mol. The Morgan fingerprint density at radius 3 is 2.87 bits per heavy atom. The Kier molecular flexibility index (Phi) is 4.11. The summed E-state index contributed by atoms with van der Waals surface area (Å²) in [5.41, 5.74) is 5.49. The lowest BCUT2D eigenvalue weighted by Gasteiger charge is -2.28. The molecule has 0 aromatic rings. The highest BCUT2D eigenvalue weighted by atomic mass is 16.3. The van der Waals surface area contributed by atoms with Crippen molar-refractivity contribution in [2.45, 2.75) is 51.7 Å². The number of amides is 1. The number of rotatable bonds is 4. The molecule has 1 amide bonds. The maximum atomic E-state index is 11.9. The Labute approximate surface area is 91.2 Å². The maximum Gasteiger partial charge on any atom is 0.227 e. The number of hydrogen-bond acceptors (Lipinski definition) is 3. The number of nitrogens with one attached hydrogen (secondary N) is 1. The van der Waals surface area contributed by atoms with Crippen molar-refractivity contribution in [3.8, 4) is 0 Å². The van der Waals surface area contributed by atoms with E-state index in [9.17, 15) is 9.90 Å². The average molecular weight is 214 g/mol. The average Bonchev–Trinajstić information content (AvgIpc) is 2.56. The van der Waals surface area contributed by atoms with Gasteiger partial charge < -0.3 is 16.2 Å². The Morgan fingerprint density at radius 2 is 2.40 bits per heavy atom. The molecular formula is C11H22N2O2. The molecule has 1 fully saturated rings. The van der Waals surface area contributed by atoms with Crippen LogP contribution in [0.2, 0.25) is 0 Å². The Morgan fingerprint density at radius 1 is 1.73 bits per heavy atom. The zero-order valence-electron chi connectivity index (χ0n) is 9.62. The molecule has 3 unspecified atom stereocenters. The normalized spacial score (nSPS) is 32.7. The molecule has 0 heterocycles. The van der Waals surface area contributed by atoms with Crippen molar-refractivity contribution in [1.82, 2.24) is 5.32 Å². The molecule has 4 nitrogen and oxygen atoms in total. The predicted octanol–water partition coefficient (Wildman–Crippen LogP) is 0.391. The Hall–Kier alpha value is -0.610. The molecule has 1 rings (SSSR count). The highest BCUT2D eigenvalue weighted by Gasteiger charge is 2.42. The third-order valence-corrected chi connectivity index (χ3v) is 3.52. The molecule has 0 radical (unpaired) electrons. The molecule has 0 aromatic heterocycles. The van der Waals surface area contributed by atoms with Gasteiger partial charge in [0.25, 0.3) is 0 Å². The van der Waals surface area contributed by atoms with E-state index in [1.807, 2.05) is 13.8 Å². The minimum Gasteiger partial charge on any atom is -0.391 e. The van der Waals surface area contributed by atoms with Crippen molar-refractivity contribution in [2.24, 2.45) is 11.1 Å². The van der Waals surface area contributed by atoms with Crippen LogP contribution in [0.4, 0.5) is 0 Å². The van der Waals surface area contributed by atoms with E-state index in [2.05, 4.69) is 5.32 Å². The standard InChI is InChI=1S/C11H22N2O2/c1-3-8(14)7-13-10(15)11(2)6-4-5-9(11)12/h8-9,14H,3-7,12H2,1-2H3,(H,13,15). The van der Waals surface area contributed by atoms with Crippen molar-refractivity contribution in [2.75, 3.05) is 6.54 Å². The van der Waals surface area contributed by atoms with Crippen LogP contribution in [0, 0.1) is 5.41 Å². The number of carbonyl (C=O) groups is 1. The first-order valence-corrected chi connectivity index (χ1v) is 5.72. The van der Waals surface area contributed by atoms with Gasteiger partial charge in [-0.1, -0.05) is 13.3 Å². The summed E-state index contributed by atoms with van der Waals surface area (Å²) in [5, 5.41) is 12.1. The second-order valence-electron chi connectivity index (χ2n) is 4.69. The van der Waals surface area contributed by atoms with Crippen LogP contribution in [0.5, 0.6) is 0 Å². The van der Waals surface area contributed by atoms with Gasteiger partial charge in [-0.25, -0.2) is 0 Å². The molecule has 0 aromatic carbocycles. The molecule has 88 valence electrons. The molecule has 3 atom stereocenters. The molecule has 1 saturated carbocycles. The fraction of sp³-hybridized carbons (Fsp3) is 0.909. The number of nitrogens with two attached hydrogens (primary N) is 1. The van der Waals surface area contributed by atoms with Gasteiger partial charge in [0.15, 0.2) is 0 Å². The van der Waals surface area contributed by atoms with Gasteiger partial charge in [-0.2, -0.15) is 0 Å². The van der Waals surface area contributed by atoms with Crippen molar-refractivity contribution in [3.63, 3.8) is 0 Å². The van der Waals surface area contributed by atoms with Crippen LogP contribution in [-0.2, 0) is 4.79 Å². The van der Waals surface area contributed by atoms with Gasteiger partial charge in [-0.3, -0.25) is 4.79 Å². The van der Waals surface area contributed by atoms with E-state index >= 15 is 0 Å². The SMILES string of the molecule is CCC(O)CNC(=O)C1(C)CCCC1N. The van der Waals surface area contributed by atoms with Crippen LogP contribution in [-0.4, -0.2) is 29.7 Å². The Bertz CT molecular complexity index is 233. The van der Waals surface area contributed by atoms with Gasteiger partial charge in [0.2, 0.25) is 5.91 Å². The highest BCUT2D eigenvalue weighted by molar-refractivity contribution is 5.83. The zero-order chi connectivity index (χ0) is 11.5. The molecule has 4 heteroatoms. The molecule has 1 aliphatic rings. The summed E-state index contributed by atoms with van der Waals surface area (Å²) in [5.74, 6) is -0.0139. The largest absolute Gasteiger partial charge is 0.391 e. The minimum atomic E-state index is -0.449. The number of aliphatic hydroxyl groups excluding tert-OH is 1. The first-order valence-electron chi connectivity index (χ1n) is 5.72. The summed E-state index contributed by atoms with van der Waals surface area (Å²) in [7, 11) is 0. The first-order chi connectivity index (χ1) is 7.00. The van der Waals surface area contributed by atoms with Crippen LogP contribution in [0.15, 0.2) is 0 Å². The lowest BCUT2D eigenvalue weighted by Crippen LogP contribution is -2.48. The van der Waals surface area contributed by atoms with Crippen molar-refractivity contribution < 1.29 is 9.90 Å². The lowest BCUT2D eigenvalue weighted by molar-refractivity contribution is -0.131. The van der Waals surface area contributed by atoms with E-state index in [1.54, 1.807) is 0 Å². The Balaban J connectivity index is 2.46. The molecule has 15 heavy (non-hydrogen) atoms. The fourth-order valence-electron chi connectivity index (χ4n) is 2.03. The highest BCUT2D eigenvalue weighted by Crippen LogP contribution is 2.36. The fourth-order valence-corrected chi connectivity index (χ4v) is 2.03. The molecule has 0 bridgehead atoms. The number of aliphatic hydroxyl groups is 1. The summed E-state index contributed by atoms with van der Waals surface area (Å²) in [6.45, 7) is 4.13. The summed E-state index contributed by atoms with van der Waals surface area (Å²) >= 11 is 0. The van der Waals surface area contributed by atoms with E-state index in [-0.39, 0.29) is 11.9 Å². The topological polar surface area (TPSA) is 75.3 Å². The van der Waals surface area contributed by atoms with E-state index in [1.165, 1.54) is 0 Å². The quantitative estimate of drug-likeness (QED) is 0.633. The molecule has 4 N–H and O–H groups in total. The predicted molar refractivity (Wildman–Crippen MR) is 59.2 cm³/mol. The molecule has 0 aliphatic heterocycles. The molecular weight excluding hydrogens is 192 g/mol. The van der Waals surface area contributed by atoms with Crippen molar-refractivity contribution in [1.29, 1.82) is 0 Å². The van der Waals surface area contributed by atoms with Crippen LogP contribution >= 0.6 is 0 Å². The van der Waals surface area contributed by atoms with Crippen LogP contribution < -0.4 is 11.1 Å². The summed E-state index contributed by atoms with van der Waals surface area (Å²) in [6, 6.07) is -0.0451. The summed E-state index contributed by atoms with van der Waals surface area (Å²) in [6.07, 6.45) is 2.99. The van der Waals surface area contributed by atoms with Crippen molar-refractivity contribution >= 4 is 5.91 Å². The van der Waals surface area contributed by atoms with Gasteiger partial charge >= 0.3 is 0 Å². The van der Waals surface area contributed by atoms with E-state index in [0.717, 1.165) is 19.3 Å². The van der Waals surface area contributed by atoms with E-state index in [0.29, 0.717) is 13.0 Å². The number of hydrogen-bond donors (Lipinski definition) is 3. The summed E-state index contributed by atoms with van der Waals surface area (Å²) < 4.78 is 0. The van der Waals surface area contributed by atoms with Crippen molar-refractivity contribution in [3.05, 3.63) is 0 Å². The van der Waals surface area contributed by atoms with E-state index < -0.39 is 11.5 Å². The lowest BCUT2D eigenvalue weighted by atomic mass is 9.84. The van der Waals surface area contributed by atoms with Gasteiger partial charge in [0.1, 0.15) is 0 Å². The second kappa shape index (κ2) is 4.94. The van der Waals surface area contributed by atoms with Crippen LogP contribution in [0.1, 0.15) is 39.5 Å². The van der Waals surface area contributed by atoms with Crippen LogP contribution in [0.25, 0.3) is 0 Å². The smallest absolute Gasteiger partial charge is 0.227 e. The molecule has 0 saturated heterocycles. The zero-order valence-corrected chi connectivity index (χ0v) is 9.62. The first kappa shape index (κ1) is 12.5. The van der Waals surface area contributed by atoms with E-state index in [4.69, 9.17) is 5.73 Å². The third kappa shape index (κ3) is 2.69. The summed E-state index contributed by atoms with van der Waals surface area (Å²) in [4.78, 5) is 11.9. The molecule has 0 spiro atoms. The van der Waals surface area contributed by atoms with Crippen LogP contribution in [0.3, 0.4) is 0 Å². The maximum absolute atomic E-state index is 11.9. The molecule has 1 aliphatic carbocycles. The van der Waals surface area contributed by atoms with Gasteiger partial charge in [-0.05, 0) is 26.2 Å². The second-order valence-corrected chi connectivity index (χ2v) is 4.69.